The Morgan fingerprint density at radius 3 is 3.04 bits per heavy atom. The molecule has 0 bridgehead atoms. The van der Waals surface area contributed by atoms with Crippen molar-refractivity contribution in [2.75, 3.05) is 31.7 Å². The fraction of sp³-hybridized carbons (Fsp3) is 0.368. The van der Waals surface area contributed by atoms with E-state index in [0.717, 1.165) is 12.1 Å². The minimum Gasteiger partial charge on any atom is -0.497 e. The van der Waals surface area contributed by atoms with Crippen LogP contribution in [-0.4, -0.2) is 44.7 Å². The van der Waals surface area contributed by atoms with E-state index >= 15 is 0 Å². The summed E-state index contributed by atoms with van der Waals surface area (Å²) >= 11 is 1.65. The molecule has 0 aliphatic carbocycles. The molecule has 1 aromatic carbocycles. The number of hydrogen-bond donors (Lipinski definition) is 1. The van der Waals surface area contributed by atoms with Crippen molar-refractivity contribution in [2.24, 2.45) is 0 Å². The van der Waals surface area contributed by atoms with Crippen LogP contribution < -0.4 is 15.0 Å². The van der Waals surface area contributed by atoms with Gasteiger partial charge >= 0.3 is 0 Å². The van der Waals surface area contributed by atoms with Crippen molar-refractivity contribution in [1.82, 2.24) is 5.32 Å². The Labute approximate surface area is 156 Å². The molecule has 6 nitrogen and oxygen atoms in total. The van der Waals surface area contributed by atoms with Gasteiger partial charge in [-0.25, -0.2) is 0 Å². The first-order valence-corrected chi connectivity index (χ1v) is 9.39. The summed E-state index contributed by atoms with van der Waals surface area (Å²) in [6, 6.07) is 11.4. The van der Waals surface area contributed by atoms with Gasteiger partial charge < -0.3 is 19.7 Å². The van der Waals surface area contributed by atoms with Gasteiger partial charge in [-0.2, -0.15) is 0 Å². The largest absolute Gasteiger partial charge is 0.497 e. The first-order valence-electron chi connectivity index (χ1n) is 8.51. The number of carbonyl (C=O) groups excluding carboxylic acids is 2. The van der Waals surface area contributed by atoms with Crippen LogP contribution in [0.2, 0.25) is 0 Å². The summed E-state index contributed by atoms with van der Waals surface area (Å²) in [5, 5.41) is 4.91. The SMILES string of the molecule is COc1cccc(N2CC(CNC(=O)CCc3cccs3)OCC2=O)c1. The molecule has 1 atom stereocenters. The van der Waals surface area contributed by atoms with Crippen molar-refractivity contribution in [1.29, 1.82) is 0 Å². The van der Waals surface area contributed by atoms with E-state index in [1.54, 1.807) is 23.3 Å². The Kier molecular flexibility index (Phi) is 6.25. The highest BCUT2D eigenvalue weighted by Crippen LogP contribution is 2.23. The van der Waals surface area contributed by atoms with Crippen LogP contribution in [0.5, 0.6) is 5.75 Å². The number of anilines is 1. The second-order valence-electron chi connectivity index (χ2n) is 6.02. The first-order chi connectivity index (χ1) is 12.7. The van der Waals surface area contributed by atoms with Crippen molar-refractivity contribution in [2.45, 2.75) is 18.9 Å². The molecule has 1 fully saturated rings. The third-order valence-corrected chi connectivity index (χ3v) is 5.14. The third kappa shape index (κ3) is 4.83. The highest BCUT2D eigenvalue weighted by molar-refractivity contribution is 7.09. The van der Waals surface area contributed by atoms with Gasteiger partial charge in [-0.3, -0.25) is 9.59 Å². The molecule has 2 aromatic rings. The van der Waals surface area contributed by atoms with Gasteiger partial charge in [0.15, 0.2) is 0 Å². The number of nitrogens with zero attached hydrogens (tertiary/aromatic N) is 1. The van der Waals surface area contributed by atoms with Crippen molar-refractivity contribution in [3.63, 3.8) is 0 Å². The number of hydrogen-bond acceptors (Lipinski definition) is 5. The Hall–Kier alpha value is -2.38. The molecule has 7 heteroatoms. The smallest absolute Gasteiger partial charge is 0.253 e. The van der Waals surface area contributed by atoms with Crippen LogP contribution in [0.4, 0.5) is 5.69 Å². The summed E-state index contributed by atoms with van der Waals surface area (Å²) < 4.78 is 10.8. The fourth-order valence-corrected chi connectivity index (χ4v) is 3.49. The number of amides is 2. The first kappa shape index (κ1) is 18.4. The number of nitrogens with one attached hydrogen (secondary N) is 1. The summed E-state index contributed by atoms with van der Waals surface area (Å²) in [5.41, 5.74) is 0.770. The molecule has 2 amide bonds. The van der Waals surface area contributed by atoms with Crippen LogP contribution in [0.15, 0.2) is 41.8 Å². The van der Waals surface area contributed by atoms with Crippen molar-refractivity contribution >= 4 is 28.8 Å². The van der Waals surface area contributed by atoms with E-state index in [-0.39, 0.29) is 24.5 Å². The number of carbonyl (C=O) groups is 2. The highest BCUT2D eigenvalue weighted by Gasteiger charge is 2.27. The summed E-state index contributed by atoms with van der Waals surface area (Å²) in [4.78, 5) is 27.1. The highest BCUT2D eigenvalue weighted by atomic mass is 32.1. The third-order valence-electron chi connectivity index (χ3n) is 4.20. The predicted molar refractivity (Wildman–Crippen MR) is 101 cm³/mol. The maximum atomic E-state index is 12.2. The molecule has 0 saturated carbocycles. The molecule has 0 spiro atoms. The second kappa shape index (κ2) is 8.82. The zero-order valence-corrected chi connectivity index (χ0v) is 15.5. The molecule has 0 radical (unpaired) electrons. The van der Waals surface area contributed by atoms with Gasteiger partial charge in [0.25, 0.3) is 5.91 Å². The van der Waals surface area contributed by atoms with Gasteiger partial charge in [-0.15, -0.1) is 11.3 Å². The van der Waals surface area contributed by atoms with E-state index in [1.165, 1.54) is 4.88 Å². The molecular weight excluding hydrogens is 352 g/mol. The normalized spacial score (nSPS) is 17.2. The molecule has 1 aliphatic rings. The summed E-state index contributed by atoms with van der Waals surface area (Å²) in [6.45, 7) is 0.793. The number of rotatable bonds is 7. The lowest BCUT2D eigenvalue weighted by molar-refractivity contribution is -0.129. The summed E-state index contributed by atoms with van der Waals surface area (Å²) in [6.07, 6.45) is 0.958. The average Bonchev–Trinajstić information content (AvgIpc) is 3.19. The van der Waals surface area contributed by atoms with E-state index in [0.29, 0.717) is 25.3 Å². The number of benzene rings is 1. The quantitative estimate of drug-likeness (QED) is 0.807. The molecule has 138 valence electrons. The van der Waals surface area contributed by atoms with Crippen LogP contribution in [0.1, 0.15) is 11.3 Å². The van der Waals surface area contributed by atoms with Crippen LogP contribution in [0.25, 0.3) is 0 Å². The Bertz CT molecular complexity index is 748. The number of aryl methyl sites for hydroxylation is 1. The summed E-state index contributed by atoms with van der Waals surface area (Å²) in [5.74, 6) is 0.588. The second-order valence-corrected chi connectivity index (χ2v) is 7.05. The van der Waals surface area contributed by atoms with E-state index in [4.69, 9.17) is 9.47 Å². The van der Waals surface area contributed by atoms with Gasteiger partial charge in [0.1, 0.15) is 12.4 Å². The molecule has 2 heterocycles. The summed E-state index contributed by atoms with van der Waals surface area (Å²) in [7, 11) is 1.59. The monoisotopic (exact) mass is 374 g/mol. The zero-order valence-electron chi connectivity index (χ0n) is 14.6. The molecule has 3 rings (SSSR count). The maximum Gasteiger partial charge on any atom is 0.253 e. The fourth-order valence-electron chi connectivity index (χ4n) is 2.78. The lowest BCUT2D eigenvalue weighted by Crippen LogP contribution is -2.50. The molecule has 1 saturated heterocycles. The van der Waals surface area contributed by atoms with Crippen LogP contribution >= 0.6 is 11.3 Å². The number of morpholine rings is 1. The van der Waals surface area contributed by atoms with Crippen LogP contribution in [-0.2, 0) is 20.7 Å². The zero-order chi connectivity index (χ0) is 18.4. The Balaban J connectivity index is 1.51. The van der Waals surface area contributed by atoms with Gasteiger partial charge in [0.05, 0.1) is 19.8 Å². The van der Waals surface area contributed by atoms with Crippen LogP contribution in [0, 0.1) is 0 Å². The minimum absolute atomic E-state index is 0.00689. The van der Waals surface area contributed by atoms with E-state index < -0.39 is 0 Å². The predicted octanol–water partition coefficient (Wildman–Crippen LogP) is 2.24. The van der Waals surface area contributed by atoms with Crippen molar-refractivity contribution < 1.29 is 19.1 Å². The van der Waals surface area contributed by atoms with Crippen LogP contribution in [0.3, 0.4) is 0 Å². The van der Waals surface area contributed by atoms with Gasteiger partial charge in [0, 0.05) is 29.6 Å². The molecule has 26 heavy (non-hydrogen) atoms. The van der Waals surface area contributed by atoms with E-state index in [9.17, 15) is 9.59 Å². The Morgan fingerprint density at radius 2 is 2.27 bits per heavy atom. The number of thiophene rings is 1. The van der Waals surface area contributed by atoms with Gasteiger partial charge in [-0.05, 0) is 30.0 Å². The topological polar surface area (TPSA) is 67.9 Å². The number of ether oxygens (including phenoxy) is 2. The molecule has 1 unspecified atom stereocenters. The molecule has 1 aromatic heterocycles. The molecule has 1 aliphatic heterocycles. The number of methoxy groups -OCH3 is 1. The van der Waals surface area contributed by atoms with Gasteiger partial charge in [0.2, 0.25) is 5.91 Å². The van der Waals surface area contributed by atoms with Crippen molar-refractivity contribution in [3.8, 4) is 5.75 Å². The molecule has 1 N–H and O–H groups in total. The minimum atomic E-state index is -0.232. The Morgan fingerprint density at radius 1 is 1.38 bits per heavy atom. The lowest BCUT2D eigenvalue weighted by atomic mass is 10.2. The van der Waals surface area contributed by atoms with Gasteiger partial charge in [-0.1, -0.05) is 12.1 Å². The lowest BCUT2D eigenvalue weighted by Gasteiger charge is -2.33. The van der Waals surface area contributed by atoms with E-state index in [1.807, 2.05) is 41.8 Å². The molecular formula is C19H22N2O4S. The average molecular weight is 374 g/mol. The maximum absolute atomic E-state index is 12.2. The van der Waals surface area contributed by atoms with E-state index in [2.05, 4.69) is 5.32 Å². The standard InChI is InChI=1S/C19H22N2O4S/c1-24-15-5-2-4-14(10-15)21-12-16(25-13-19(21)23)11-20-18(22)8-7-17-6-3-9-26-17/h2-6,9-10,16H,7-8,11-13H2,1H3,(H,20,22). The van der Waals surface area contributed by atoms with Crippen molar-refractivity contribution in [3.05, 3.63) is 46.7 Å².